The van der Waals surface area contributed by atoms with Crippen molar-refractivity contribution >= 4 is 35.5 Å². The molecule has 0 aliphatic rings. The van der Waals surface area contributed by atoms with Crippen LogP contribution in [-0.4, -0.2) is 70.1 Å². The van der Waals surface area contributed by atoms with Crippen molar-refractivity contribution in [3.8, 4) is 5.75 Å². The third kappa shape index (κ3) is 10.9. The van der Waals surface area contributed by atoms with Crippen molar-refractivity contribution in [1.82, 2.24) is 16.0 Å². The lowest BCUT2D eigenvalue weighted by Gasteiger charge is -2.27. The molecule has 1 rings (SSSR count). The summed E-state index contributed by atoms with van der Waals surface area (Å²) in [7, 11) is 0. The number of benzene rings is 1. The summed E-state index contributed by atoms with van der Waals surface area (Å²) < 4.78 is 0. The number of hydrogen-bond acceptors (Lipinski definition) is 7. The first kappa shape index (κ1) is 31.2. The van der Waals surface area contributed by atoms with Gasteiger partial charge in [-0.15, -0.1) is 0 Å². The van der Waals surface area contributed by atoms with Gasteiger partial charge in [0.25, 0.3) is 0 Å². The average molecular weight is 525 g/mol. The van der Waals surface area contributed by atoms with Gasteiger partial charge in [0.2, 0.25) is 17.7 Å². The largest absolute Gasteiger partial charge is 0.508 e. The smallest absolute Gasteiger partial charge is 0.326 e. The Balaban J connectivity index is 2.91. The summed E-state index contributed by atoms with van der Waals surface area (Å²) in [6.07, 6.45) is 2.64. The van der Waals surface area contributed by atoms with Crippen LogP contribution >= 0.6 is 11.8 Å². The summed E-state index contributed by atoms with van der Waals surface area (Å²) in [4.78, 5) is 50.3. The predicted molar refractivity (Wildman–Crippen MR) is 141 cm³/mol. The summed E-state index contributed by atoms with van der Waals surface area (Å²) in [5.41, 5.74) is 6.82. The number of carboxylic acids is 1. The molecule has 0 radical (unpaired) electrons. The molecule has 11 heteroatoms. The van der Waals surface area contributed by atoms with Crippen LogP contribution in [0, 0.1) is 11.8 Å². The Morgan fingerprint density at radius 3 is 2.00 bits per heavy atom. The van der Waals surface area contributed by atoms with Crippen molar-refractivity contribution < 1.29 is 29.4 Å². The van der Waals surface area contributed by atoms with Crippen LogP contribution in [0.25, 0.3) is 0 Å². The number of amides is 3. The number of aromatic hydroxyl groups is 1. The Labute approximate surface area is 217 Å². The lowest BCUT2D eigenvalue weighted by atomic mass is 9.99. The van der Waals surface area contributed by atoms with E-state index < -0.39 is 47.9 Å². The maximum atomic E-state index is 13.1. The van der Waals surface area contributed by atoms with E-state index in [9.17, 15) is 29.4 Å². The van der Waals surface area contributed by atoms with E-state index in [0.29, 0.717) is 12.2 Å². The molecule has 4 unspecified atom stereocenters. The number of rotatable bonds is 15. The van der Waals surface area contributed by atoms with E-state index in [1.807, 2.05) is 20.1 Å². The minimum absolute atomic E-state index is 0.0589. The molecule has 0 heterocycles. The molecule has 1 aromatic carbocycles. The van der Waals surface area contributed by atoms with E-state index in [2.05, 4.69) is 16.0 Å². The lowest BCUT2D eigenvalue weighted by molar-refractivity contribution is -0.142. The molecule has 10 nitrogen and oxygen atoms in total. The van der Waals surface area contributed by atoms with Crippen LogP contribution in [-0.2, 0) is 25.6 Å². The SMILES string of the molecule is CSCCC(NC(=O)C(NC(=O)C(CC(C)C)NC(=O)C(N)Cc1ccc(O)cc1)C(C)C)C(=O)O. The molecule has 1 aromatic rings. The number of carbonyl (C=O) groups is 4. The van der Waals surface area contributed by atoms with Crippen molar-refractivity contribution in [2.75, 3.05) is 12.0 Å². The number of nitrogens with one attached hydrogen (secondary N) is 3. The van der Waals surface area contributed by atoms with Gasteiger partial charge in [-0.05, 0) is 60.8 Å². The van der Waals surface area contributed by atoms with E-state index in [0.717, 1.165) is 5.56 Å². The quantitative estimate of drug-likeness (QED) is 0.199. The Morgan fingerprint density at radius 2 is 1.50 bits per heavy atom. The molecule has 4 atom stereocenters. The number of carboxylic acid groups (broad SMARTS) is 1. The molecule has 0 spiro atoms. The Bertz CT molecular complexity index is 878. The number of thioether (sulfide) groups is 1. The Morgan fingerprint density at radius 1 is 0.917 bits per heavy atom. The highest BCUT2D eigenvalue weighted by Crippen LogP contribution is 2.12. The Hall–Kier alpha value is -2.79. The van der Waals surface area contributed by atoms with Crippen LogP contribution in [0.4, 0.5) is 0 Å². The topological polar surface area (TPSA) is 171 Å². The first-order chi connectivity index (χ1) is 16.8. The van der Waals surface area contributed by atoms with E-state index in [-0.39, 0.29) is 30.4 Å². The number of carbonyl (C=O) groups excluding carboxylic acids is 3. The normalized spacial score (nSPS) is 14.6. The van der Waals surface area contributed by atoms with Crippen molar-refractivity contribution in [2.45, 2.75) is 71.1 Å². The van der Waals surface area contributed by atoms with Gasteiger partial charge in [0.05, 0.1) is 6.04 Å². The van der Waals surface area contributed by atoms with Crippen molar-refractivity contribution in [2.24, 2.45) is 17.6 Å². The second-order valence-corrected chi connectivity index (χ2v) is 10.6. The summed E-state index contributed by atoms with van der Waals surface area (Å²) in [5, 5.41) is 26.7. The van der Waals surface area contributed by atoms with Crippen molar-refractivity contribution in [1.29, 1.82) is 0 Å². The fourth-order valence-corrected chi connectivity index (χ4v) is 3.98. The zero-order chi connectivity index (χ0) is 27.4. The number of phenols is 1. The molecule has 0 fully saturated rings. The van der Waals surface area contributed by atoms with Crippen molar-refractivity contribution in [3.63, 3.8) is 0 Å². The second-order valence-electron chi connectivity index (χ2n) is 9.58. The minimum atomic E-state index is -1.14. The van der Waals surface area contributed by atoms with Gasteiger partial charge in [-0.1, -0.05) is 39.8 Å². The zero-order valence-electron chi connectivity index (χ0n) is 21.6. The number of hydrogen-bond donors (Lipinski definition) is 6. The highest BCUT2D eigenvalue weighted by atomic mass is 32.2. The van der Waals surface area contributed by atoms with Crippen LogP contribution in [0.5, 0.6) is 5.75 Å². The molecule has 0 saturated heterocycles. The molecule has 0 aromatic heterocycles. The molecular weight excluding hydrogens is 484 g/mol. The number of phenolic OH excluding ortho intramolecular Hbond substituents is 1. The van der Waals surface area contributed by atoms with Gasteiger partial charge in [0.15, 0.2) is 0 Å². The maximum absolute atomic E-state index is 13.1. The molecule has 0 aliphatic carbocycles. The second kappa shape index (κ2) is 15.4. The first-order valence-corrected chi connectivity index (χ1v) is 13.4. The fourth-order valence-electron chi connectivity index (χ4n) is 3.50. The van der Waals surface area contributed by atoms with Crippen LogP contribution in [0.2, 0.25) is 0 Å². The van der Waals surface area contributed by atoms with E-state index in [4.69, 9.17) is 5.73 Å². The van der Waals surface area contributed by atoms with Crippen LogP contribution in [0.3, 0.4) is 0 Å². The highest BCUT2D eigenvalue weighted by molar-refractivity contribution is 7.98. The molecule has 0 saturated carbocycles. The maximum Gasteiger partial charge on any atom is 0.326 e. The number of aliphatic carboxylic acids is 1. The Kier molecular flexibility index (Phi) is 13.3. The lowest BCUT2D eigenvalue weighted by Crippen LogP contribution is -2.58. The monoisotopic (exact) mass is 524 g/mol. The summed E-state index contributed by atoms with van der Waals surface area (Å²) in [6, 6.07) is 2.44. The van der Waals surface area contributed by atoms with Gasteiger partial charge in [-0.2, -0.15) is 11.8 Å². The summed E-state index contributed by atoms with van der Waals surface area (Å²) in [5.74, 6) is -2.39. The minimum Gasteiger partial charge on any atom is -0.508 e. The van der Waals surface area contributed by atoms with Gasteiger partial charge in [-0.25, -0.2) is 4.79 Å². The standard InChI is InChI=1S/C25H40N4O6S/c1-14(2)12-20(28-22(31)18(26)13-16-6-8-17(30)9-7-16)23(32)29-21(15(3)4)24(33)27-19(25(34)35)10-11-36-5/h6-9,14-15,18-21,30H,10-13,26H2,1-5H3,(H,27,33)(H,28,31)(H,29,32)(H,34,35). The molecular formula is C25H40N4O6S. The first-order valence-electron chi connectivity index (χ1n) is 12.0. The molecule has 7 N–H and O–H groups in total. The van der Waals surface area contributed by atoms with Gasteiger partial charge in [-0.3, -0.25) is 14.4 Å². The third-order valence-corrected chi connectivity index (χ3v) is 6.18. The molecule has 0 bridgehead atoms. The van der Waals surface area contributed by atoms with Crippen molar-refractivity contribution in [3.05, 3.63) is 29.8 Å². The van der Waals surface area contributed by atoms with Gasteiger partial charge < -0.3 is 31.9 Å². The molecule has 3 amide bonds. The fraction of sp³-hybridized carbons (Fsp3) is 0.600. The van der Waals surface area contributed by atoms with Gasteiger partial charge in [0, 0.05) is 0 Å². The van der Waals surface area contributed by atoms with Crippen LogP contribution in [0.1, 0.15) is 46.1 Å². The average Bonchev–Trinajstić information content (AvgIpc) is 2.79. The van der Waals surface area contributed by atoms with Gasteiger partial charge >= 0.3 is 5.97 Å². The van der Waals surface area contributed by atoms with E-state index in [1.165, 1.54) is 23.9 Å². The summed E-state index contributed by atoms with van der Waals surface area (Å²) >= 11 is 1.47. The van der Waals surface area contributed by atoms with E-state index >= 15 is 0 Å². The molecule has 36 heavy (non-hydrogen) atoms. The van der Waals surface area contributed by atoms with Gasteiger partial charge in [0.1, 0.15) is 23.9 Å². The molecule has 202 valence electrons. The highest BCUT2D eigenvalue weighted by Gasteiger charge is 2.32. The zero-order valence-corrected chi connectivity index (χ0v) is 22.4. The predicted octanol–water partition coefficient (Wildman–Crippen LogP) is 1.26. The third-order valence-electron chi connectivity index (χ3n) is 5.54. The number of nitrogens with two attached hydrogens (primary N) is 1. The van der Waals surface area contributed by atoms with E-state index in [1.54, 1.807) is 26.0 Å². The summed E-state index contributed by atoms with van der Waals surface area (Å²) in [6.45, 7) is 7.29. The van der Waals surface area contributed by atoms with Crippen LogP contribution < -0.4 is 21.7 Å². The van der Waals surface area contributed by atoms with Crippen LogP contribution in [0.15, 0.2) is 24.3 Å². The molecule has 0 aliphatic heterocycles.